The molecule has 2 aromatic carbocycles. The molecule has 0 saturated carbocycles. The van der Waals surface area contributed by atoms with E-state index in [1.165, 1.54) is 0 Å². The van der Waals surface area contributed by atoms with Crippen molar-refractivity contribution in [2.45, 2.75) is 31.2 Å². The Morgan fingerprint density at radius 3 is 2.21 bits per heavy atom. The zero-order valence-corrected chi connectivity index (χ0v) is 17.2. The van der Waals surface area contributed by atoms with Crippen LogP contribution in [-0.2, 0) is 19.5 Å². The van der Waals surface area contributed by atoms with Crippen LogP contribution < -0.4 is 0 Å². The van der Waals surface area contributed by atoms with Gasteiger partial charge in [0.05, 0.1) is 12.4 Å². The Morgan fingerprint density at radius 1 is 1.04 bits per heavy atom. The van der Waals surface area contributed by atoms with E-state index >= 15 is 0 Å². The molecule has 5 nitrogen and oxygen atoms in total. The maximum atomic E-state index is 13.1. The summed E-state index contributed by atoms with van der Waals surface area (Å²) >= 11 is 0. The number of rotatable bonds is 10. The van der Waals surface area contributed by atoms with Crippen molar-refractivity contribution < 1.29 is 17.9 Å². The average molecular weight is 404 g/mol. The monoisotopic (exact) mass is 403 g/mol. The largest absolute Gasteiger partial charge is 0.359 e. The topological polar surface area (TPSA) is 55.8 Å². The quantitative estimate of drug-likeness (QED) is 0.449. The smallest absolute Gasteiger partial charge is 0.214 e. The maximum Gasteiger partial charge on any atom is 0.214 e. The van der Waals surface area contributed by atoms with Crippen LogP contribution in [0.2, 0.25) is 0 Å². The van der Waals surface area contributed by atoms with Gasteiger partial charge in [0.1, 0.15) is 6.79 Å². The fraction of sp³-hybridized carbons (Fsp3) is 0.455. The molecule has 3 rings (SSSR count). The van der Waals surface area contributed by atoms with Crippen molar-refractivity contribution in [2.75, 3.05) is 32.8 Å². The normalized spacial score (nSPS) is 18.0. The highest BCUT2D eigenvalue weighted by Gasteiger charge is 2.39. The summed E-state index contributed by atoms with van der Waals surface area (Å²) < 4.78 is 38.0. The Kier molecular flexibility index (Phi) is 7.62. The molecule has 1 atom stereocenters. The molecule has 0 bridgehead atoms. The lowest BCUT2D eigenvalue weighted by Crippen LogP contribution is -2.41. The van der Waals surface area contributed by atoms with Crippen LogP contribution in [0, 0.1) is 0 Å². The molecule has 2 aromatic rings. The van der Waals surface area contributed by atoms with Crippen molar-refractivity contribution in [2.24, 2.45) is 0 Å². The van der Waals surface area contributed by atoms with Crippen molar-refractivity contribution in [1.82, 2.24) is 4.31 Å². The van der Waals surface area contributed by atoms with Crippen LogP contribution in [0.25, 0.3) is 0 Å². The zero-order valence-electron chi connectivity index (χ0n) is 16.4. The second-order valence-electron chi connectivity index (χ2n) is 7.10. The number of hydrogen-bond donors (Lipinski definition) is 0. The maximum absolute atomic E-state index is 13.1. The summed E-state index contributed by atoms with van der Waals surface area (Å²) in [6.45, 7) is 1.16. The SMILES string of the molecule is COCOCCCS(=O)(=O)N1CCC[C@@H]1C(c1ccccc1)c1ccccc1. The highest BCUT2D eigenvalue weighted by atomic mass is 32.2. The van der Waals surface area contributed by atoms with Gasteiger partial charge in [-0.3, -0.25) is 0 Å². The van der Waals surface area contributed by atoms with Gasteiger partial charge >= 0.3 is 0 Å². The molecule has 0 aliphatic carbocycles. The summed E-state index contributed by atoms with van der Waals surface area (Å²) in [5, 5.41) is 0. The third-order valence-corrected chi connectivity index (χ3v) is 7.17. The van der Waals surface area contributed by atoms with Crippen LogP contribution in [-0.4, -0.2) is 51.6 Å². The molecule has 0 amide bonds. The minimum absolute atomic E-state index is 0.0319. The molecule has 1 heterocycles. The van der Waals surface area contributed by atoms with E-state index in [1.807, 2.05) is 36.4 Å². The first kappa shape index (κ1) is 21.0. The number of nitrogens with zero attached hydrogens (tertiary/aromatic N) is 1. The zero-order chi connectivity index (χ0) is 19.8. The van der Waals surface area contributed by atoms with Crippen LogP contribution >= 0.6 is 0 Å². The lowest BCUT2D eigenvalue weighted by molar-refractivity contribution is -0.0299. The summed E-state index contributed by atoms with van der Waals surface area (Å²) in [5.74, 6) is 0.133. The predicted molar refractivity (Wildman–Crippen MR) is 111 cm³/mol. The first-order chi connectivity index (χ1) is 13.6. The molecule has 1 saturated heterocycles. The third kappa shape index (κ3) is 5.20. The molecule has 6 heteroatoms. The molecule has 1 fully saturated rings. The van der Waals surface area contributed by atoms with Crippen molar-refractivity contribution in [1.29, 1.82) is 0 Å². The molecule has 0 N–H and O–H groups in total. The van der Waals surface area contributed by atoms with Gasteiger partial charge in [-0.1, -0.05) is 60.7 Å². The van der Waals surface area contributed by atoms with Crippen molar-refractivity contribution in [3.05, 3.63) is 71.8 Å². The standard InChI is InChI=1S/C22H29NO4S/c1-26-18-27-16-9-17-28(24,25)23-15-8-14-21(23)22(19-10-4-2-5-11-19)20-12-6-3-7-13-20/h2-7,10-13,21-22H,8-9,14-18H2,1H3/t21-/m1/s1. The summed E-state index contributed by atoms with van der Waals surface area (Å²) in [6, 6.07) is 20.4. The Hall–Kier alpha value is -1.73. The van der Waals surface area contributed by atoms with Crippen LogP contribution in [0.1, 0.15) is 36.3 Å². The minimum Gasteiger partial charge on any atom is -0.359 e. The van der Waals surface area contributed by atoms with Crippen LogP contribution in [0.15, 0.2) is 60.7 Å². The minimum atomic E-state index is -3.34. The molecule has 1 aliphatic heterocycles. The van der Waals surface area contributed by atoms with E-state index in [0.717, 1.165) is 24.0 Å². The van der Waals surface area contributed by atoms with E-state index in [2.05, 4.69) is 24.3 Å². The van der Waals surface area contributed by atoms with Gasteiger partial charge in [-0.25, -0.2) is 8.42 Å². The third-order valence-electron chi connectivity index (χ3n) is 5.20. The van der Waals surface area contributed by atoms with Gasteiger partial charge in [-0.05, 0) is 30.4 Å². The van der Waals surface area contributed by atoms with Gasteiger partial charge in [-0.2, -0.15) is 4.31 Å². The highest BCUT2D eigenvalue weighted by Crippen LogP contribution is 2.37. The molecule has 152 valence electrons. The Morgan fingerprint density at radius 2 is 1.64 bits per heavy atom. The summed E-state index contributed by atoms with van der Waals surface area (Å²) in [4.78, 5) is 0. The number of ether oxygens (including phenoxy) is 2. The fourth-order valence-electron chi connectivity index (χ4n) is 4.00. The second kappa shape index (κ2) is 10.2. The first-order valence-corrected chi connectivity index (χ1v) is 11.4. The summed E-state index contributed by atoms with van der Waals surface area (Å²) in [5.41, 5.74) is 2.31. The van der Waals surface area contributed by atoms with E-state index in [9.17, 15) is 8.42 Å². The summed E-state index contributed by atoms with van der Waals surface area (Å²) in [6.07, 6.45) is 2.23. The second-order valence-corrected chi connectivity index (χ2v) is 9.14. The molecule has 0 unspecified atom stereocenters. The predicted octanol–water partition coefficient (Wildman–Crippen LogP) is 3.62. The molecule has 1 aliphatic rings. The van der Waals surface area contributed by atoms with Crippen molar-refractivity contribution >= 4 is 10.0 Å². The van der Waals surface area contributed by atoms with E-state index in [1.54, 1.807) is 11.4 Å². The fourth-order valence-corrected chi connectivity index (χ4v) is 5.77. The number of hydrogen-bond acceptors (Lipinski definition) is 4. The highest BCUT2D eigenvalue weighted by molar-refractivity contribution is 7.89. The molecular weight excluding hydrogens is 374 g/mol. The number of benzene rings is 2. The van der Waals surface area contributed by atoms with Gasteiger partial charge in [0, 0.05) is 25.6 Å². The first-order valence-electron chi connectivity index (χ1n) is 9.79. The molecule has 0 radical (unpaired) electrons. The molecule has 0 spiro atoms. The van der Waals surface area contributed by atoms with Crippen molar-refractivity contribution in [3.8, 4) is 0 Å². The van der Waals surface area contributed by atoms with E-state index in [-0.39, 0.29) is 24.5 Å². The van der Waals surface area contributed by atoms with Gasteiger partial charge in [0.15, 0.2) is 0 Å². The molecule has 28 heavy (non-hydrogen) atoms. The Labute approximate surface area is 168 Å². The van der Waals surface area contributed by atoms with Gasteiger partial charge in [0.25, 0.3) is 0 Å². The van der Waals surface area contributed by atoms with E-state index in [0.29, 0.717) is 19.6 Å². The van der Waals surface area contributed by atoms with Crippen LogP contribution in [0.3, 0.4) is 0 Å². The molecule has 0 aromatic heterocycles. The Bertz CT molecular complexity index is 771. The van der Waals surface area contributed by atoms with E-state index in [4.69, 9.17) is 9.47 Å². The van der Waals surface area contributed by atoms with Crippen LogP contribution in [0.5, 0.6) is 0 Å². The molecular formula is C22H29NO4S. The van der Waals surface area contributed by atoms with E-state index < -0.39 is 10.0 Å². The lowest BCUT2D eigenvalue weighted by atomic mass is 9.84. The van der Waals surface area contributed by atoms with Crippen molar-refractivity contribution in [3.63, 3.8) is 0 Å². The number of sulfonamides is 1. The van der Waals surface area contributed by atoms with Gasteiger partial charge in [-0.15, -0.1) is 0 Å². The lowest BCUT2D eigenvalue weighted by Gasteiger charge is -2.32. The van der Waals surface area contributed by atoms with Gasteiger partial charge < -0.3 is 9.47 Å². The average Bonchev–Trinajstić information content (AvgIpc) is 3.20. The van der Waals surface area contributed by atoms with Gasteiger partial charge in [0.2, 0.25) is 10.0 Å². The Balaban J connectivity index is 1.82. The van der Waals surface area contributed by atoms with Crippen LogP contribution in [0.4, 0.5) is 0 Å². The summed E-state index contributed by atoms with van der Waals surface area (Å²) in [7, 11) is -1.79. The number of methoxy groups -OCH3 is 1.